The van der Waals surface area contributed by atoms with Crippen LogP contribution in [0, 0.1) is 6.92 Å². The highest BCUT2D eigenvalue weighted by Gasteiger charge is 2.28. The quantitative estimate of drug-likeness (QED) is 0.913. The molecule has 20 heavy (non-hydrogen) atoms. The Labute approximate surface area is 122 Å². The number of benzene rings is 1. The molecule has 1 aromatic carbocycles. The van der Waals surface area contributed by atoms with Gasteiger partial charge in [0.15, 0.2) is 0 Å². The number of ether oxygens (including phenoxy) is 1. The van der Waals surface area contributed by atoms with Crippen molar-refractivity contribution < 1.29 is 4.74 Å². The molecule has 1 saturated carbocycles. The maximum atomic E-state index is 5.83. The molecule has 1 aliphatic heterocycles. The van der Waals surface area contributed by atoms with E-state index in [2.05, 4.69) is 49.2 Å². The van der Waals surface area contributed by atoms with Crippen molar-refractivity contribution >= 4 is 5.69 Å². The number of rotatable bonds is 4. The summed E-state index contributed by atoms with van der Waals surface area (Å²) < 4.78 is 5.83. The lowest BCUT2D eigenvalue weighted by Crippen LogP contribution is -2.48. The molecule has 3 nitrogen and oxygen atoms in total. The van der Waals surface area contributed by atoms with Crippen LogP contribution in [0.4, 0.5) is 5.69 Å². The number of aryl methyl sites for hydroxylation is 1. The summed E-state index contributed by atoms with van der Waals surface area (Å²) in [5.74, 6) is 0. The molecule has 0 amide bonds. The first-order chi connectivity index (χ1) is 9.53. The largest absolute Gasteiger partial charge is 0.372 e. The van der Waals surface area contributed by atoms with Crippen LogP contribution in [0.15, 0.2) is 18.2 Å². The molecule has 1 aliphatic carbocycles. The van der Waals surface area contributed by atoms with E-state index in [0.717, 1.165) is 32.3 Å². The topological polar surface area (TPSA) is 24.5 Å². The fraction of sp³-hybridized carbons (Fsp3) is 0.647. The lowest BCUT2D eigenvalue weighted by atomic mass is 10.0. The molecule has 1 saturated heterocycles. The lowest BCUT2D eigenvalue weighted by Gasteiger charge is -2.40. The van der Waals surface area contributed by atoms with Crippen molar-refractivity contribution in [2.24, 2.45) is 0 Å². The number of anilines is 1. The van der Waals surface area contributed by atoms with Crippen LogP contribution in [0.25, 0.3) is 0 Å². The third kappa shape index (κ3) is 3.33. The van der Waals surface area contributed by atoms with Gasteiger partial charge in [-0.25, -0.2) is 0 Å². The minimum Gasteiger partial charge on any atom is -0.372 e. The highest BCUT2D eigenvalue weighted by Crippen LogP contribution is 2.28. The molecule has 3 rings (SSSR count). The summed E-state index contributed by atoms with van der Waals surface area (Å²) in [5.41, 5.74) is 4.09. The number of hydrogen-bond donors (Lipinski definition) is 1. The van der Waals surface area contributed by atoms with E-state index in [1.807, 2.05) is 0 Å². The average molecular weight is 274 g/mol. The van der Waals surface area contributed by atoms with Crippen LogP contribution < -0.4 is 10.2 Å². The van der Waals surface area contributed by atoms with Gasteiger partial charge in [0.1, 0.15) is 0 Å². The molecule has 1 N–H and O–H groups in total. The molecular weight excluding hydrogens is 248 g/mol. The molecule has 0 atom stereocenters. The van der Waals surface area contributed by atoms with Gasteiger partial charge in [0.05, 0.1) is 12.2 Å². The zero-order valence-electron chi connectivity index (χ0n) is 12.9. The molecule has 0 bridgehead atoms. The molecule has 1 heterocycles. The van der Waals surface area contributed by atoms with Crippen LogP contribution in [-0.2, 0) is 11.3 Å². The zero-order valence-corrected chi connectivity index (χ0v) is 12.9. The van der Waals surface area contributed by atoms with E-state index in [1.54, 1.807) is 0 Å². The fourth-order valence-corrected chi connectivity index (χ4v) is 2.93. The number of nitrogens with zero attached hydrogens (tertiary/aromatic N) is 1. The standard InChI is InChI=1S/C17H26N2O/c1-13-4-7-16(14(10-13)11-18-15-5-6-15)19-8-9-20-17(2,3)12-19/h4,7,10,15,18H,5-6,8-9,11-12H2,1-3H3. The minimum absolute atomic E-state index is 0.0513. The molecule has 110 valence electrons. The third-order valence-electron chi connectivity index (χ3n) is 4.16. The molecule has 2 fully saturated rings. The Morgan fingerprint density at radius 2 is 2.15 bits per heavy atom. The molecule has 0 radical (unpaired) electrons. The van der Waals surface area contributed by atoms with Crippen molar-refractivity contribution in [3.63, 3.8) is 0 Å². The van der Waals surface area contributed by atoms with Crippen molar-refractivity contribution in [3.8, 4) is 0 Å². The number of nitrogens with one attached hydrogen (secondary N) is 1. The van der Waals surface area contributed by atoms with E-state index in [4.69, 9.17) is 4.74 Å². The van der Waals surface area contributed by atoms with E-state index in [0.29, 0.717) is 0 Å². The van der Waals surface area contributed by atoms with Crippen molar-refractivity contribution in [1.29, 1.82) is 0 Å². The molecule has 3 heteroatoms. The summed E-state index contributed by atoms with van der Waals surface area (Å²) in [5, 5.41) is 3.64. The maximum Gasteiger partial charge on any atom is 0.0801 e. The van der Waals surface area contributed by atoms with E-state index >= 15 is 0 Å². The van der Waals surface area contributed by atoms with E-state index in [9.17, 15) is 0 Å². The SMILES string of the molecule is Cc1ccc(N2CCOC(C)(C)C2)c(CNC2CC2)c1. The molecule has 0 unspecified atom stereocenters. The van der Waals surface area contributed by atoms with Crippen LogP contribution in [0.3, 0.4) is 0 Å². The van der Waals surface area contributed by atoms with Gasteiger partial charge in [0, 0.05) is 31.4 Å². The van der Waals surface area contributed by atoms with Gasteiger partial charge in [0.25, 0.3) is 0 Å². The smallest absolute Gasteiger partial charge is 0.0801 e. The van der Waals surface area contributed by atoms with Gasteiger partial charge in [-0.05, 0) is 45.2 Å². The highest BCUT2D eigenvalue weighted by molar-refractivity contribution is 5.55. The summed E-state index contributed by atoms with van der Waals surface area (Å²) in [6.07, 6.45) is 2.68. The first kappa shape index (κ1) is 13.9. The first-order valence-corrected chi connectivity index (χ1v) is 7.75. The second-order valence-corrected chi connectivity index (χ2v) is 6.82. The molecule has 2 aliphatic rings. The second kappa shape index (κ2) is 5.38. The number of hydrogen-bond acceptors (Lipinski definition) is 3. The summed E-state index contributed by atoms with van der Waals surface area (Å²) in [6, 6.07) is 7.58. The molecule has 1 aromatic rings. The van der Waals surface area contributed by atoms with E-state index in [1.165, 1.54) is 29.7 Å². The van der Waals surface area contributed by atoms with Gasteiger partial charge in [-0.15, -0.1) is 0 Å². The van der Waals surface area contributed by atoms with Gasteiger partial charge >= 0.3 is 0 Å². The van der Waals surface area contributed by atoms with Gasteiger partial charge in [-0.2, -0.15) is 0 Å². The van der Waals surface area contributed by atoms with E-state index in [-0.39, 0.29) is 5.60 Å². The third-order valence-corrected chi connectivity index (χ3v) is 4.16. The monoisotopic (exact) mass is 274 g/mol. The molecule has 0 spiro atoms. The molecule has 0 aromatic heterocycles. The summed E-state index contributed by atoms with van der Waals surface area (Å²) >= 11 is 0. The Balaban J connectivity index is 1.79. The van der Waals surface area contributed by atoms with Gasteiger partial charge < -0.3 is 15.0 Å². The lowest BCUT2D eigenvalue weighted by molar-refractivity contribution is -0.0277. The van der Waals surface area contributed by atoms with Crippen molar-refractivity contribution in [1.82, 2.24) is 5.32 Å². The average Bonchev–Trinajstić information content (AvgIpc) is 3.19. The number of morpholine rings is 1. The van der Waals surface area contributed by atoms with Crippen LogP contribution >= 0.6 is 0 Å². The van der Waals surface area contributed by atoms with Crippen molar-refractivity contribution in [2.75, 3.05) is 24.6 Å². The van der Waals surface area contributed by atoms with Gasteiger partial charge in [-0.3, -0.25) is 0 Å². The normalized spacial score (nSPS) is 22.1. The van der Waals surface area contributed by atoms with Crippen LogP contribution in [0.5, 0.6) is 0 Å². The van der Waals surface area contributed by atoms with Crippen LogP contribution in [-0.4, -0.2) is 31.3 Å². The fourth-order valence-electron chi connectivity index (χ4n) is 2.93. The van der Waals surface area contributed by atoms with E-state index < -0.39 is 0 Å². The summed E-state index contributed by atoms with van der Waals surface area (Å²) in [4.78, 5) is 2.48. The Hall–Kier alpha value is -1.06. The predicted octanol–water partition coefficient (Wildman–Crippen LogP) is 2.86. The molecular formula is C17H26N2O. The predicted molar refractivity (Wildman–Crippen MR) is 83.3 cm³/mol. The van der Waals surface area contributed by atoms with Gasteiger partial charge in [0.2, 0.25) is 0 Å². The van der Waals surface area contributed by atoms with Crippen molar-refractivity contribution in [3.05, 3.63) is 29.3 Å². The maximum absolute atomic E-state index is 5.83. The Morgan fingerprint density at radius 1 is 1.35 bits per heavy atom. The Morgan fingerprint density at radius 3 is 2.85 bits per heavy atom. The van der Waals surface area contributed by atoms with Gasteiger partial charge in [-0.1, -0.05) is 17.7 Å². The zero-order chi connectivity index (χ0) is 14.2. The highest BCUT2D eigenvalue weighted by atomic mass is 16.5. The summed E-state index contributed by atoms with van der Waals surface area (Å²) in [7, 11) is 0. The van der Waals surface area contributed by atoms with Crippen molar-refractivity contribution in [2.45, 2.75) is 51.8 Å². The first-order valence-electron chi connectivity index (χ1n) is 7.75. The second-order valence-electron chi connectivity index (χ2n) is 6.82. The van der Waals surface area contributed by atoms with Crippen LogP contribution in [0.1, 0.15) is 37.8 Å². The van der Waals surface area contributed by atoms with Crippen LogP contribution in [0.2, 0.25) is 0 Å². The minimum atomic E-state index is -0.0513. The summed E-state index contributed by atoms with van der Waals surface area (Å²) in [6.45, 7) is 10.3. The Kier molecular flexibility index (Phi) is 3.74. The Bertz CT molecular complexity index is 480.